The van der Waals surface area contributed by atoms with Gasteiger partial charge in [-0.3, -0.25) is 14.4 Å². The van der Waals surface area contributed by atoms with Crippen molar-refractivity contribution in [1.29, 1.82) is 0 Å². The third kappa shape index (κ3) is 10.8. The van der Waals surface area contributed by atoms with Crippen LogP contribution in [0.4, 0.5) is 4.79 Å². The molecular formula is C20H25IN2O8. The van der Waals surface area contributed by atoms with Crippen LogP contribution in [0.3, 0.4) is 0 Å². The Bertz CT molecular complexity index is 797. The van der Waals surface area contributed by atoms with Crippen molar-refractivity contribution in [2.75, 3.05) is 6.54 Å². The molecule has 0 heterocycles. The third-order valence-electron chi connectivity index (χ3n) is 4.24. The van der Waals surface area contributed by atoms with Gasteiger partial charge in [-0.05, 0) is 79.5 Å². The Hall–Kier alpha value is -2.70. The van der Waals surface area contributed by atoms with Crippen molar-refractivity contribution in [1.82, 2.24) is 10.6 Å². The minimum absolute atomic E-state index is 0.0159. The first kappa shape index (κ1) is 26.3. The molecular weight excluding hydrogens is 519 g/mol. The van der Waals surface area contributed by atoms with Gasteiger partial charge in [-0.2, -0.15) is 0 Å². The number of Topliss-reactive ketones (excluding diaryl/α,β-unsaturated/α-hetero) is 1. The van der Waals surface area contributed by atoms with Crippen molar-refractivity contribution >= 4 is 52.3 Å². The number of ketones is 1. The lowest BCUT2D eigenvalue weighted by Crippen LogP contribution is -2.42. The zero-order chi connectivity index (χ0) is 23.4. The van der Waals surface area contributed by atoms with Crippen LogP contribution in [0, 0.1) is 3.57 Å². The number of aliphatic carboxylic acids is 2. The van der Waals surface area contributed by atoms with Crippen molar-refractivity contribution in [3.05, 3.63) is 33.4 Å². The van der Waals surface area contributed by atoms with Crippen LogP contribution >= 0.6 is 22.6 Å². The number of carboxylic acids is 2. The van der Waals surface area contributed by atoms with Gasteiger partial charge >= 0.3 is 18.0 Å². The van der Waals surface area contributed by atoms with E-state index in [9.17, 15) is 29.1 Å². The van der Waals surface area contributed by atoms with Gasteiger partial charge in [0.05, 0.1) is 6.04 Å². The molecule has 1 aromatic rings. The van der Waals surface area contributed by atoms with E-state index in [1.807, 2.05) is 12.1 Å². The Kier molecular flexibility index (Phi) is 11.5. The van der Waals surface area contributed by atoms with Crippen molar-refractivity contribution in [3.8, 4) is 0 Å². The number of hydrogen-bond donors (Lipinski definition) is 4. The van der Waals surface area contributed by atoms with E-state index >= 15 is 0 Å². The Balaban J connectivity index is 2.41. The van der Waals surface area contributed by atoms with Crippen LogP contribution in [-0.2, 0) is 19.1 Å². The van der Waals surface area contributed by atoms with Gasteiger partial charge in [-0.15, -0.1) is 0 Å². The molecule has 0 aliphatic carbocycles. The normalized spacial score (nSPS) is 12.3. The Morgan fingerprint density at radius 1 is 1.03 bits per heavy atom. The van der Waals surface area contributed by atoms with Crippen LogP contribution in [-0.4, -0.2) is 58.6 Å². The topological polar surface area (TPSA) is 159 Å². The Labute approximate surface area is 192 Å². The molecule has 10 nitrogen and oxygen atoms in total. The highest BCUT2D eigenvalue weighted by atomic mass is 123. The molecule has 11 heteroatoms. The average molecular weight is 544 g/mol. The molecule has 0 bridgehead atoms. The van der Waals surface area contributed by atoms with Crippen molar-refractivity contribution in [3.63, 3.8) is 0 Å². The van der Waals surface area contributed by atoms with E-state index in [1.54, 1.807) is 12.1 Å². The summed E-state index contributed by atoms with van der Waals surface area (Å²) in [6.07, 6.45) is -2.14. The van der Waals surface area contributed by atoms with Gasteiger partial charge in [-0.25, -0.2) is 9.59 Å². The lowest BCUT2D eigenvalue weighted by molar-refractivity contribution is -0.147. The van der Waals surface area contributed by atoms with Crippen LogP contribution < -0.4 is 10.6 Å². The highest BCUT2D eigenvalue weighted by molar-refractivity contribution is 14.1. The van der Waals surface area contributed by atoms with Crippen LogP contribution in [0.2, 0.25) is 0 Å². The van der Waals surface area contributed by atoms with E-state index in [1.165, 1.54) is 6.92 Å². The number of ether oxygens (including phenoxy) is 1. The number of benzene rings is 1. The number of carboxylic acid groups (broad SMARTS) is 2. The molecule has 0 saturated carbocycles. The van der Waals surface area contributed by atoms with E-state index in [2.05, 4.69) is 33.2 Å². The minimum atomic E-state index is -1.43. The second kappa shape index (κ2) is 13.6. The smallest absolute Gasteiger partial charge is 0.408 e. The van der Waals surface area contributed by atoms with Gasteiger partial charge < -0.3 is 25.6 Å². The maximum atomic E-state index is 12.0. The molecule has 2 amide bonds. The fourth-order valence-electron chi connectivity index (χ4n) is 2.54. The fourth-order valence-corrected chi connectivity index (χ4v) is 2.90. The number of nitrogens with one attached hydrogen (secondary N) is 2. The lowest BCUT2D eigenvalue weighted by Gasteiger charge is -2.18. The highest BCUT2D eigenvalue weighted by Crippen LogP contribution is 2.09. The quantitative estimate of drug-likeness (QED) is 0.217. The molecule has 170 valence electrons. The second-order valence-corrected chi connectivity index (χ2v) is 7.98. The molecule has 31 heavy (non-hydrogen) atoms. The van der Waals surface area contributed by atoms with E-state index in [0.29, 0.717) is 24.9 Å². The minimum Gasteiger partial charge on any atom is -0.481 e. The number of carbonyl (C=O) groups excluding carboxylic acids is 3. The molecule has 0 aliphatic rings. The molecule has 1 rings (SSSR count). The maximum absolute atomic E-state index is 12.0. The van der Waals surface area contributed by atoms with Crippen molar-refractivity contribution in [2.24, 2.45) is 0 Å². The van der Waals surface area contributed by atoms with Crippen molar-refractivity contribution < 1.29 is 38.9 Å². The Morgan fingerprint density at radius 3 is 2.23 bits per heavy atom. The van der Waals surface area contributed by atoms with E-state index < -0.39 is 36.0 Å². The largest absolute Gasteiger partial charge is 0.481 e. The summed E-state index contributed by atoms with van der Waals surface area (Å²) in [5.41, 5.74) is 0.520. The molecule has 0 saturated heterocycles. The van der Waals surface area contributed by atoms with Crippen LogP contribution in [0.15, 0.2) is 24.3 Å². The van der Waals surface area contributed by atoms with Crippen LogP contribution in [0.5, 0.6) is 0 Å². The first-order valence-electron chi connectivity index (χ1n) is 9.56. The summed E-state index contributed by atoms with van der Waals surface area (Å²) in [5.74, 6) is -3.17. The van der Waals surface area contributed by atoms with Crippen LogP contribution in [0.25, 0.3) is 0 Å². The second-order valence-electron chi connectivity index (χ2n) is 6.73. The van der Waals surface area contributed by atoms with Gasteiger partial charge in [0.15, 0.2) is 5.78 Å². The molecule has 0 spiro atoms. The monoisotopic (exact) mass is 544 g/mol. The number of halogens is 1. The summed E-state index contributed by atoms with van der Waals surface area (Å²) >= 11 is 2.13. The zero-order valence-corrected chi connectivity index (χ0v) is 19.1. The van der Waals surface area contributed by atoms with E-state index in [4.69, 9.17) is 9.84 Å². The SMILES string of the molecule is CC(=O)[C@H](CCC(=O)O)NC(=O)O[C@@H](CCCCNC(=O)c1ccc([123I])cc1)C(=O)O. The first-order valence-corrected chi connectivity index (χ1v) is 10.6. The third-order valence-corrected chi connectivity index (χ3v) is 4.96. The van der Waals surface area contributed by atoms with Gasteiger partial charge in [0.1, 0.15) is 0 Å². The van der Waals surface area contributed by atoms with Gasteiger partial charge in [0, 0.05) is 22.1 Å². The number of carbonyl (C=O) groups is 5. The summed E-state index contributed by atoms with van der Waals surface area (Å²) in [6, 6.07) is 5.96. The number of hydrogen-bond acceptors (Lipinski definition) is 6. The molecule has 2 atom stereocenters. The van der Waals surface area contributed by atoms with E-state index in [0.717, 1.165) is 3.57 Å². The zero-order valence-electron chi connectivity index (χ0n) is 16.9. The van der Waals surface area contributed by atoms with Gasteiger partial charge in [0.25, 0.3) is 5.91 Å². The highest BCUT2D eigenvalue weighted by Gasteiger charge is 2.25. The number of rotatable bonds is 13. The molecule has 4 N–H and O–H groups in total. The maximum Gasteiger partial charge on any atom is 0.408 e. The average Bonchev–Trinajstić information content (AvgIpc) is 2.69. The molecule has 0 radical (unpaired) electrons. The van der Waals surface area contributed by atoms with Crippen molar-refractivity contribution in [2.45, 2.75) is 51.2 Å². The summed E-state index contributed by atoms with van der Waals surface area (Å²) in [5, 5.41) is 22.9. The summed E-state index contributed by atoms with van der Waals surface area (Å²) in [6.45, 7) is 1.51. The van der Waals surface area contributed by atoms with Gasteiger partial charge in [-0.1, -0.05) is 0 Å². The fraction of sp³-hybridized carbons (Fsp3) is 0.450. The van der Waals surface area contributed by atoms with E-state index in [-0.39, 0.29) is 25.2 Å². The predicted molar refractivity (Wildman–Crippen MR) is 118 cm³/mol. The molecule has 0 unspecified atom stereocenters. The van der Waals surface area contributed by atoms with Gasteiger partial charge in [0.2, 0.25) is 6.10 Å². The Morgan fingerprint density at radius 2 is 1.68 bits per heavy atom. The number of alkyl carbamates (subject to hydrolysis) is 1. The van der Waals surface area contributed by atoms with Crippen LogP contribution in [0.1, 0.15) is 49.4 Å². The lowest BCUT2D eigenvalue weighted by atomic mass is 10.1. The molecule has 0 aliphatic heterocycles. The summed E-state index contributed by atoms with van der Waals surface area (Å²) in [4.78, 5) is 57.4. The summed E-state index contributed by atoms with van der Waals surface area (Å²) in [7, 11) is 0. The molecule has 0 fully saturated rings. The molecule has 1 aromatic carbocycles. The summed E-state index contributed by atoms with van der Waals surface area (Å²) < 4.78 is 5.88. The molecule has 0 aromatic heterocycles. The number of amides is 2. The standard InChI is InChI=1S/C20H25IN2O8/c1-12(24)15(9-10-17(25)26)23-20(30)31-16(19(28)29)4-2-3-11-22-18(27)13-5-7-14(21)8-6-13/h5-8,15-16H,2-4,9-11H2,1H3,(H,22,27)(H,23,30)(H,25,26)(H,28,29)/t15-,16-/m0/s1/i21-4. The predicted octanol–water partition coefficient (Wildman–Crippen LogP) is 2.19. The number of unbranched alkanes of at least 4 members (excludes halogenated alkanes) is 1. The first-order chi connectivity index (χ1) is 14.6.